The molecule has 9 heteroatoms. The first-order valence-electron chi connectivity index (χ1n) is 13.4. The van der Waals surface area contributed by atoms with Gasteiger partial charge in [-0.1, -0.05) is 106 Å². The number of aliphatic hydroxyl groups excluding tert-OH is 1. The van der Waals surface area contributed by atoms with E-state index in [0.717, 1.165) is 45.9 Å². The molecular weight excluding hydrogens is 694 g/mol. The van der Waals surface area contributed by atoms with E-state index in [9.17, 15) is 8.78 Å². The standard InChI is InChI=1S/C15H24BrFOSi.C9H10BrFO.C6H15ClSi.CH4/c1-15(2,3)19(4,5)18-10-6-7-12-8-9-13(17)11-14(12)16;10-9-6-8(11)4-3-7(9)2-1-5-12;1-6(2,3)8(4,5)7;/h8-9,11H,6-7,10H2,1-5H3;3-4,6,12H,1-2,5H2;1-5H3;1H4. The van der Waals surface area contributed by atoms with E-state index in [1.807, 2.05) is 6.07 Å². The fourth-order valence-electron chi connectivity index (χ4n) is 2.52. The Morgan fingerprint density at radius 2 is 1.15 bits per heavy atom. The predicted molar refractivity (Wildman–Crippen MR) is 185 cm³/mol. The van der Waals surface area contributed by atoms with Crippen LogP contribution in [0.2, 0.25) is 36.3 Å². The Bertz CT molecular complexity index is 990. The van der Waals surface area contributed by atoms with Crippen LogP contribution in [-0.2, 0) is 17.3 Å². The first kappa shape index (κ1) is 42.0. The smallest absolute Gasteiger partial charge is 0.191 e. The van der Waals surface area contributed by atoms with E-state index < -0.39 is 15.7 Å². The summed E-state index contributed by atoms with van der Waals surface area (Å²) >= 11 is 12.8. The molecule has 0 radical (unpaired) electrons. The highest BCUT2D eigenvalue weighted by Crippen LogP contribution is 2.38. The van der Waals surface area contributed by atoms with Crippen LogP contribution in [0.25, 0.3) is 0 Å². The van der Waals surface area contributed by atoms with E-state index in [4.69, 9.17) is 20.6 Å². The van der Waals surface area contributed by atoms with Gasteiger partial charge in [-0.3, -0.25) is 0 Å². The van der Waals surface area contributed by atoms with Gasteiger partial charge in [0.15, 0.2) is 15.7 Å². The molecule has 1 N–H and O–H groups in total. The fraction of sp³-hybridized carbons (Fsp3) is 0.613. The second-order valence-corrected chi connectivity index (χ2v) is 26.5. The first-order chi connectivity index (χ1) is 17.6. The third-order valence-corrected chi connectivity index (χ3v) is 18.6. The van der Waals surface area contributed by atoms with Crippen molar-refractivity contribution in [1.82, 2.24) is 0 Å². The molecule has 0 aliphatic carbocycles. The lowest BCUT2D eigenvalue weighted by Crippen LogP contribution is -2.41. The summed E-state index contributed by atoms with van der Waals surface area (Å²) in [6, 6.07) is 9.46. The van der Waals surface area contributed by atoms with Crippen LogP contribution in [0.1, 0.15) is 72.9 Å². The second-order valence-electron chi connectivity index (χ2n) is 12.7. The third kappa shape index (κ3) is 16.5. The van der Waals surface area contributed by atoms with Gasteiger partial charge in [0.25, 0.3) is 0 Å². The molecule has 0 aromatic heterocycles. The van der Waals surface area contributed by atoms with Crippen LogP contribution in [0.5, 0.6) is 0 Å². The quantitative estimate of drug-likeness (QED) is 0.166. The van der Waals surface area contributed by atoms with E-state index in [1.165, 1.54) is 24.3 Å². The number of benzene rings is 2. The molecule has 0 saturated carbocycles. The molecule has 2 rings (SSSR count). The fourth-order valence-corrected chi connectivity index (χ4v) is 4.71. The van der Waals surface area contributed by atoms with Crippen LogP contribution in [0.3, 0.4) is 0 Å². The Labute approximate surface area is 267 Å². The topological polar surface area (TPSA) is 29.5 Å². The number of hydrogen-bond donors (Lipinski definition) is 1. The van der Waals surface area contributed by atoms with Gasteiger partial charge in [0, 0.05) is 22.2 Å². The minimum atomic E-state index is -1.64. The van der Waals surface area contributed by atoms with Gasteiger partial charge in [-0.2, -0.15) is 11.1 Å². The van der Waals surface area contributed by atoms with Crippen LogP contribution >= 0.6 is 42.9 Å². The highest BCUT2D eigenvalue weighted by Gasteiger charge is 2.36. The normalized spacial score (nSPS) is 12.0. The summed E-state index contributed by atoms with van der Waals surface area (Å²) < 4.78 is 33.3. The van der Waals surface area contributed by atoms with Crippen molar-refractivity contribution in [2.24, 2.45) is 0 Å². The predicted octanol–water partition coefficient (Wildman–Crippen LogP) is 11.9. The average molecular weight is 747 g/mol. The van der Waals surface area contributed by atoms with Gasteiger partial charge >= 0.3 is 0 Å². The van der Waals surface area contributed by atoms with Gasteiger partial charge in [0.05, 0.1) is 0 Å². The molecule has 0 unspecified atom stereocenters. The lowest BCUT2D eigenvalue weighted by atomic mass is 10.1. The second kappa shape index (κ2) is 18.5. The van der Waals surface area contributed by atoms with Gasteiger partial charge in [-0.15, -0.1) is 0 Å². The number of aliphatic hydroxyl groups is 1. The summed E-state index contributed by atoms with van der Waals surface area (Å²) in [6.45, 7) is 23.2. The molecule has 40 heavy (non-hydrogen) atoms. The summed E-state index contributed by atoms with van der Waals surface area (Å²) in [6.07, 6.45) is 3.37. The Hall–Kier alpha value is -0.0962. The number of rotatable bonds is 8. The maximum Gasteiger partial charge on any atom is 0.191 e. The van der Waals surface area contributed by atoms with Crippen molar-refractivity contribution in [3.8, 4) is 0 Å². The highest BCUT2D eigenvalue weighted by molar-refractivity contribution is 9.10. The first-order valence-corrected chi connectivity index (χ1v) is 21.9. The SMILES string of the molecule is C.CC(C)(C)[Si](C)(C)Cl.CC(C)(C)[Si](C)(C)OCCCc1ccc(F)cc1Br.OCCCc1ccc(F)cc1Br. The Kier molecular flexibility index (Phi) is 19.5. The van der Waals surface area contributed by atoms with E-state index in [0.29, 0.717) is 11.5 Å². The molecule has 0 fully saturated rings. The summed E-state index contributed by atoms with van der Waals surface area (Å²) in [5, 5.41) is 9.18. The number of halogens is 5. The summed E-state index contributed by atoms with van der Waals surface area (Å²) in [7, 11) is -3.02. The summed E-state index contributed by atoms with van der Waals surface area (Å²) in [5.41, 5.74) is 2.17. The van der Waals surface area contributed by atoms with Gasteiger partial charge in [-0.25, -0.2) is 8.78 Å². The largest absolute Gasteiger partial charge is 0.417 e. The molecule has 0 aliphatic heterocycles. The Morgan fingerprint density at radius 1 is 0.775 bits per heavy atom. The van der Waals surface area contributed by atoms with Crippen molar-refractivity contribution in [1.29, 1.82) is 0 Å². The van der Waals surface area contributed by atoms with Crippen LogP contribution in [0, 0.1) is 11.6 Å². The molecule has 2 nitrogen and oxygen atoms in total. The Morgan fingerprint density at radius 3 is 1.45 bits per heavy atom. The van der Waals surface area contributed by atoms with Crippen molar-refractivity contribution >= 4 is 58.6 Å². The van der Waals surface area contributed by atoms with Gasteiger partial charge in [0.1, 0.15) is 11.6 Å². The molecule has 0 amide bonds. The molecule has 2 aromatic rings. The number of aryl methyl sites for hydroxylation is 2. The van der Waals surface area contributed by atoms with Crippen molar-refractivity contribution < 1.29 is 18.3 Å². The third-order valence-electron chi connectivity index (χ3n) is 7.28. The van der Waals surface area contributed by atoms with E-state index in [1.54, 1.807) is 6.07 Å². The molecule has 0 heterocycles. The van der Waals surface area contributed by atoms with Gasteiger partial charge < -0.3 is 9.53 Å². The van der Waals surface area contributed by atoms with Gasteiger partial charge in [-0.05, 0) is 84.2 Å². The molecule has 2 aromatic carbocycles. The molecule has 0 spiro atoms. The van der Waals surface area contributed by atoms with Crippen molar-refractivity contribution in [3.63, 3.8) is 0 Å². The van der Waals surface area contributed by atoms with Crippen LogP contribution in [0.15, 0.2) is 45.3 Å². The highest BCUT2D eigenvalue weighted by atomic mass is 79.9. The molecule has 0 aliphatic rings. The average Bonchev–Trinajstić information content (AvgIpc) is 2.76. The van der Waals surface area contributed by atoms with Crippen LogP contribution in [-0.4, -0.2) is 34.0 Å². The molecule has 0 saturated heterocycles. The zero-order valence-electron chi connectivity index (χ0n) is 25.5. The van der Waals surface area contributed by atoms with Gasteiger partial charge in [0.2, 0.25) is 0 Å². The van der Waals surface area contributed by atoms with E-state index >= 15 is 0 Å². The lowest BCUT2D eigenvalue weighted by molar-refractivity contribution is 0.282. The van der Waals surface area contributed by atoms with E-state index in [2.05, 4.69) is 99.6 Å². The van der Waals surface area contributed by atoms with Crippen LogP contribution in [0.4, 0.5) is 8.78 Å². The summed E-state index contributed by atoms with van der Waals surface area (Å²) in [4.78, 5) is 0. The summed E-state index contributed by atoms with van der Waals surface area (Å²) in [5.74, 6) is -0.442. The van der Waals surface area contributed by atoms with Crippen molar-refractivity contribution in [2.75, 3.05) is 13.2 Å². The maximum atomic E-state index is 13.0. The van der Waals surface area contributed by atoms with Crippen molar-refractivity contribution in [3.05, 3.63) is 68.1 Å². The molecule has 0 atom stereocenters. The zero-order chi connectivity index (χ0) is 30.7. The lowest BCUT2D eigenvalue weighted by Gasteiger charge is -2.36. The van der Waals surface area contributed by atoms with Crippen LogP contribution < -0.4 is 0 Å². The zero-order valence-corrected chi connectivity index (χ0v) is 31.4. The number of hydrogen-bond acceptors (Lipinski definition) is 2. The monoisotopic (exact) mass is 744 g/mol. The Balaban J connectivity index is 0. The van der Waals surface area contributed by atoms with E-state index in [-0.39, 0.29) is 30.7 Å². The maximum absolute atomic E-state index is 13.0. The molecule has 0 bridgehead atoms. The molecule has 232 valence electrons. The molecular formula is C31H53Br2ClF2O2Si2. The van der Waals surface area contributed by atoms with Crippen molar-refractivity contribution in [2.45, 2.75) is 111 Å². The minimum Gasteiger partial charge on any atom is -0.417 e. The minimum absolute atomic E-state index is 0.